The van der Waals surface area contributed by atoms with E-state index in [2.05, 4.69) is 203 Å². The lowest BCUT2D eigenvalue weighted by Gasteiger charge is -2.18. The maximum Gasteiger partial charge on any atom is 0.235 e. The van der Waals surface area contributed by atoms with Crippen LogP contribution in [0.5, 0.6) is 0 Å². The third kappa shape index (κ3) is 4.23. The second-order valence-electron chi connectivity index (χ2n) is 15.3. The van der Waals surface area contributed by atoms with Crippen LogP contribution in [0.2, 0.25) is 0 Å². The van der Waals surface area contributed by atoms with Gasteiger partial charge in [-0.1, -0.05) is 164 Å². The molecule has 9 aromatic carbocycles. The Labute approximate surface area is 332 Å². The first-order valence-corrected chi connectivity index (χ1v) is 19.8. The highest BCUT2D eigenvalue weighted by Crippen LogP contribution is 2.46. The summed E-state index contributed by atoms with van der Waals surface area (Å²) in [7, 11) is 0. The van der Waals surface area contributed by atoms with Crippen molar-refractivity contribution in [3.8, 4) is 39.5 Å². The van der Waals surface area contributed by atoms with Crippen LogP contribution in [0, 0.1) is 0 Å². The molecule has 0 saturated heterocycles. The van der Waals surface area contributed by atoms with Gasteiger partial charge in [-0.05, 0) is 63.2 Å². The van der Waals surface area contributed by atoms with E-state index in [0.29, 0.717) is 5.95 Å². The van der Waals surface area contributed by atoms with Crippen molar-refractivity contribution < 1.29 is 0 Å². The molecular formula is C54H32N4. The van der Waals surface area contributed by atoms with Crippen molar-refractivity contribution >= 4 is 81.6 Å². The minimum atomic E-state index is 0.644. The molecule has 4 heteroatoms. The number of rotatable bonds is 4. The van der Waals surface area contributed by atoms with Crippen LogP contribution in [0.25, 0.3) is 121 Å². The smallest absolute Gasteiger partial charge is 0.235 e. The van der Waals surface area contributed by atoms with Gasteiger partial charge >= 0.3 is 0 Å². The van der Waals surface area contributed by atoms with Crippen molar-refractivity contribution in [2.75, 3.05) is 0 Å². The molecule has 0 aliphatic rings. The lowest BCUT2D eigenvalue weighted by Crippen LogP contribution is -2.05. The van der Waals surface area contributed by atoms with E-state index in [4.69, 9.17) is 9.97 Å². The number of aromatic nitrogens is 4. The molecule has 58 heavy (non-hydrogen) atoms. The average molecular weight is 737 g/mol. The lowest BCUT2D eigenvalue weighted by atomic mass is 9.89. The molecule has 268 valence electrons. The van der Waals surface area contributed by atoms with Crippen LogP contribution in [-0.2, 0) is 0 Å². The fourth-order valence-electron chi connectivity index (χ4n) is 9.88. The molecule has 0 N–H and O–H groups in total. The molecule has 0 atom stereocenters. The first-order valence-electron chi connectivity index (χ1n) is 19.8. The molecule has 0 unspecified atom stereocenters. The Bertz CT molecular complexity index is 3780. The van der Waals surface area contributed by atoms with Gasteiger partial charge in [0.25, 0.3) is 0 Å². The zero-order valence-corrected chi connectivity index (χ0v) is 31.3. The summed E-state index contributed by atoms with van der Waals surface area (Å²) in [6.45, 7) is 0. The zero-order chi connectivity index (χ0) is 37.9. The van der Waals surface area contributed by atoms with E-state index in [1.165, 1.54) is 54.5 Å². The van der Waals surface area contributed by atoms with Crippen molar-refractivity contribution in [2.45, 2.75) is 0 Å². The third-order valence-corrected chi connectivity index (χ3v) is 12.2. The van der Waals surface area contributed by atoms with Crippen LogP contribution >= 0.6 is 0 Å². The molecule has 0 radical (unpaired) electrons. The number of hydrogen-bond donors (Lipinski definition) is 0. The topological polar surface area (TPSA) is 35.1 Å². The van der Waals surface area contributed by atoms with Crippen molar-refractivity contribution in [1.82, 2.24) is 18.9 Å². The molecule has 0 aliphatic heterocycles. The standard InChI is InChI=1S/C54H32N4/c1-3-16-33(17-4-1)36-21-9-10-24-39(36)48-37-22-8-7-20-35(37)32-43-51(34-18-5-2-6-19-34)55-54(56-52(43)48)58-45-29-14-25-40-42-27-13-26-41-38-23-11-12-28-44(38)57(53(41)42)46-30-15-31-47(58)50(46)49(40)45/h1-32H. The van der Waals surface area contributed by atoms with Crippen LogP contribution in [0.15, 0.2) is 194 Å². The maximum atomic E-state index is 5.74. The second kappa shape index (κ2) is 11.8. The van der Waals surface area contributed by atoms with Crippen LogP contribution in [-0.4, -0.2) is 18.9 Å². The number of fused-ring (bicyclic) bond motifs is 7. The highest BCUT2D eigenvalue weighted by Gasteiger charge is 2.25. The number of hydrogen-bond acceptors (Lipinski definition) is 2. The maximum absolute atomic E-state index is 5.74. The van der Waals surface area contributed by atoms with Gasteiger partial charge in [0.05, 0.1) is 38.8 Å². The van der Waals surface area contributed by atoms with Gasteiger partial charge in [-0.2, -0.15) is 0 Å². The van der Waals surface area contributed by atoms with Gasteiger partial charge in [-0.3, -0.25) is 4.57 Å². The van der Waals surface area contributed by atoms with Crippen LogP contribution in [0.3, 0.4) is 0 Å². The summed E-state index contributed by atoms with van der Waals surface area (Å²) in [5.74, 6) is 0.644. The van der Waals surface area contributed by atoms with Gasteiger partial charge in [0, 0.05) is 43.4 Å². The summed E-state index contributed by atoms with van der Waals surface area (Å²) >= 11 is 0. The fourth-order valence-corrected chi connectivity index (χ4v) is 9.88. The largest absolute Gasteiger partial charge is 0.308 e. The fraction of sp³-hybridized carbons (Fsp3) is 0. The molecule has 0 saturated carbocycles. The first-order chi connectivity index (χ1) is 28.8. The molecule has 0 spiro atoms. The van der Waals surface area contributed by atoms with Gasteiger partial charge in [0.15, 0.2) is 0 Å². The van der Waals surface area contributed by atoms with E-state index in [-0.39, 0.29) is 0 Å². The molecular weight excluding hydrogens is 705 g/mol. The normalized spacial score (nSPS) is 12.1. The Morgan fingerprint density at radius 2 is 0.931 bits per heavy atom. The summed E-state index contributed by atoms with van der Waals surface area (Å²) in [6, 6.07) is 70.0. The van der Waals surface area contributed by atoms with Gasteiger partial charge in [0.2, 0.25) is 5.95 Å². The molecule has 4 nitrogen and oxygen atoms in total. The van der Waals surface area contributed by atoms with E-state index >= 15 is 0 Å². The summed E-state index contributed by atoms with van der Waals surface area (Å²) < 4.78 is 4.79. The molecule has 13 rings (SSSR count). The SMILES string of the molecule is c1ccc(-c2ccccc2-c2c3ccccc3cc3c(-c4ccccc4)nc(-n4c5cccc6c7cccc8c9ccccc9n(c9cccc4c9c65)c78)nc23)cc1. The molecule has 0 bridgehead atoms. The van der Waals surface area contributed by atoms with Crippen molar-refractivity contribution in [3.63, 3.8) is 0 Å². The minimum Gasteiger partial charge on any atom is -0.308 e. The van der Waals surface area contributed by atoms with Gasteiger partial charge < -0.3 is 4.40 Å². The van der Waals surface area contributed by atoms with Gasteiger partial charge in [-0.25, -0.2) is 9.97 Å². The molecule has 0 amide bonds. The van der Waals surface area contributed by atoms with E-state index in [9.17, 15) is 0 Å². The quantitative estimate of drug-likeness (QED) is 0.169. The summed E-state index contributed by atoms with van der Waals surface area (Å²) in [5.41, 5.74) is 13.2. The van der Waals surface area contributed by atoms with Gasteiger partial charge in [-0.15, -0.1) is 0 Å². The highest BCUT2D eigenvalue weighted by atomic mass is 15.2. The number of para-hydroxylation sites is 2. The van der Waals surface area contributed by atoms with Crippen LogP contribution < -0.4 is 0 Å². The predicted octanol–water partition coefficient (Wildman–Crippen LogP) is 14.0. The monoisotopic (exact) mass is 736 g/mol. The summed E-state index contributed by atoms with van der Waals surface area (Å²) in [4.78, 5) is 11.3. The third-order valence-electron chi connectivity index (χ3n) is 12.2. The Kier molecular flexibility index (Phi) is 6.41. The lowest BCUT2D eigenvalue weighted by molar-refractivity contribution is 1.01. The van der Waals surface area contributed by atoms with E-state index < -0.39 is 0 Å². The second-order valence-corrected chi connectivity index (χ2v) is 15.3. The van der Waals surface area contributed by atoms with E-state index in [0.717, 1.165) is 60.6 Å². The summed E-state index contributed by atoms with van der Waals surface area (Å²) in [6.07, 6.45) is 0. The Morgan fingerprint density at radius 3 is 1.76 bits per heavy atom. The van der Waals surface area contributed by atoms with E-state index in [1.807, 2.05) is 0 Å². The zero-order valence-electron chi connectivity index (χ0n) is 31.3. The number of benzene rings is 9. The minimum absolute atomic E-state index is 0.644. The number of nitrogens with zero attached hydrogens (tertiary/aromatic N) is 4. The molecule has 0 fully saturated rings. The Hall–Kier alpha value is -7.82. The Balaban J connectivity index is 1.23. The molecule has 4 heterocycles. The van der Waals surface area contributed by atoms with E-state index in [1.54, 1.807) is 0 Å². The average Bonchev–Trinajstić information content (AvgIpc) is 3.77. The molecule has 13 aromatic rings. The Morgan fingerprint density at radius 1 is 0.362 bits per heavy atom. The molecule has 4 aromatic heterocycles. The van der Waals surface area contributed by atoms with Crippen molar-refractivity contribution in [3.05, 3.63) is 194 Å². The van der Waals surface area contributed by atoms with Crippen LogP contribution in [0.4, 0.5) is 0 Å². The van der Waals surface area contributed by atoms with Gasteiger partial charge in [0.1, 0.15) is 0 Å². The van der Waals surface area contributed by atoms with Crippen molar-refractivity contribution in [1.29, 1.82) is 0 Å². The van der Waals surface area contributed by atoms with Crippen molar-refractivity contribution in [2.24, 2.45) is 0 Å². The van der Waals surface area contributed by atoms with Crippen LogP contribution in [0.1, 0.15) is 0 Å². The predicted molar refractivity (Wildman–Crippen MR) is 242 cm³/mol. The highest BCUT2D eigenvalue weighted by molar-refractivity contribution is 6.31. The first kappa shape index (κ1) is 31.4. The molecule has 0 aliphatic carbocycles. The summed E-state index contributed by atoms with van der Waals surface area (Å²) in [5, 5.41) is 10.7.